The lowest BCUT2D eigenvalue weighted by Gasteiger charge is -2.17. The summed E-state index contributed by atoms with van der Waals surface area (Å²) in [6, 6.07) is 13.7. The highest BCUT2D eigenvalue weighted by Gasteiger charge is 2.21. The van der Waals surface area contributed by atoms with Crippen molar-refractivity contribution in [2.24, 2.45) is 0 Å². The number of nitrogens with one attached hydrogen (secondary N) is 2. The van der Waals surface area contributed by atoms with E-state index >= 15 is 0 Å². The fraction of sp³-hybridized carbons (Fsp3) is 0.176. The first-order valence-electron chi connectivity index (χ1n) is 7.32. The number of amides is 2. The van der Waals surface area contributed by atoms with Crippen molar-refractivity contribution in [3.63, 3.8) is 0 Å². The molecule has 0 radical (unpaired) electrons. The predicted octanol–water partition coefficient (Wildman–Crippen LogP) is 1.68. The number of nitrogens with zero attached hydrogens (tertiary/aromatic N) is 1. The van der Waals surface area contributed by atoms with Gasteiger partial charge in [-0.15, -0.1) is 0 Å². The van der Waals surface area contributed by atoms with E-state index < -0.39 is 11.0 Å². The summed E-state index contributed by atoms with van der Waals surface area (Å²) in [7, 11) is 1.49. The Kier molecular flexibility index (Phi) is 5.62. The molecular weight excluding hydrogens is 310 g/mol. The summed E-state index contributed by atoms with van der Waals surface area (Å²) < 4.78 is 0. The third-order valence-corrected chi connectivity index (χ3v) is 3.49. The number of rotatable bonds is 6. The van der Waals surface area contributed by atoms with Gasteiger partial charge in [0.1, 0.15) is 6.04 Å². The second-order valence-corrected chi connectivity index (χ2v) is 5.13. The zero-order chi connectivity index (χ0) is 17.5. The normalized spacial score (nSPS) is 11.4. The first-order chi connectivity index (χ1) is 11.5. The van der Waals surface area contributed by atoms with E-state index in [4.69, 9.17) is 0 Å². The maximum Gasteiger partial charge on any atom is 0.269 e. The number of nitro benzene ring substituents is 1. The largest absolute Gasteiger partial charge is 0.357 e. The van der Waals surface area contributed by atoms with E-state index in [0.29, 0.717) is 11.1 Å². The van der Waals surface area contributed by atoms with Crippen LogP contribution in [0.25, 0.3) is 0 Å². The zero-order valence-electron chi connectivity index (χ0n) is 13.1. The number of hydrogen-bond acceptors (Lipinski definition) is 4. The van der Waals surface area contributed by atoms with Crippen LogP contribution < -0.4 is 10.6 Å². The molecule has 0 aliphatic carbocycles. The zero-order valence-corrected chi connectivity index (χ0v) is 13.1. The number of carbonyl (C=O) groups is 2. The first-order valence-corrected chi connectivity index (χ1v) is 7.32. The molecule has 0 aromatic heterocycles. The molecule has 0 aliphatic rings. The average molecular weight is 327 g/mol. The van der Waals surface area contributed by atoms with E-state index in [1.807, 2.05) is 0 Å². The number of benzene rings is 2. The van der Waals surface area contributed by atoms with Gasteiger partial charge in [-0.05, 0) is 17.7 Å². The highest BCUT2D eigenvalue weighted by Crippen LogP contribution is 2.13. The van der Waals surface area contributed by atoms with Crippen molar-refractivity contribution < 1.29 is 14.5 Å². The monoisotopic (exact) mass is 327 g/mol. The maximum atomic E-state index is 12.2. The molecule has 24 heavy (non-hydrogen) atoms. The van der Waals surface area contributed by atoms with Gasteiger partial charge in [0.15, 0.2) is 0 Å². The second kappa shape index (κ2) is 7.87. The van der Waals surface area contributed by atoms with Gasteiger partial charge in [-0.1, -0.05) is 30.3 Å². The first kappa shape index (κ1) is 17.1. The van der Waals surface area contributed by atoms with Gasteiger partial charge in [0.05, 0.1) is 4.92 Å². The molecule has 0 aliphatic heterocycles. The number of carbonyl (C=O) groups excluding carboxylic acids is 2. The lowest BCUT2D eigenvalue weighted by atomic mass is 10.0. The molecule has 7 heteroatoms. The van der Waals surface area contributed by atoms with Crippen LogP contribution in [0.2, 0.25) is 0 Å². The van der Waals surface area contributed by atoms with E-state index in [0.717, 1.165) is 0 Å². The van der Waals surface area contributed by atoms with E-state index in [9.17, 15) is 19.7 Å². The van der Waals surface area contributed by atoms with Gasteiger partial charge >= 0.3 is 0 Å². The summed E-state index contributed by atoms with van der Waals surface area (Å²) in [6.45, 7) is 0. The van der Waals surface area contributed by atoms with E-state index in [-0.39, 0.29) is 23.9 Å². The van der Waals surface area contributed by atoms with E-state index in [1.54, 1.807) is 42.5 Å². The summed E-state index contributed by atoms with van der Waals surface area (Å²) in [5, 5.41) is 15.9. The van der Waals surface area contributed by atoms with Gasteiger partial charge in [0.2, 0.25) is 5.91 Å². The summed E-state index contributed by atoms with van der Waals surface area (Å²) in [5.74, 6) is -0.691. The molecule has 2 aromatic rings. The fourth-order valence-corrected chi connectivity index (χ4v) is 2.20. The van der Waals surface area contributed by atoms with Crippen molar-refractivity contribution in [1.29, 1.82) is 0 Å². The second-order valence-electron chi connectivity index (χ2n) is 5.13. The van der Waals surface area contributed by atoms with Gasteiger partial charge in [-0.2, -0.15) is 0 Å². The molecule has 2 aromatic carbocycles. The Labute approximate surface area is 138 Å². The van der Waals surface area contributed by atoms with Crippen molar-refractivity contribution >= 4 is 17.5 Å². The van der Waals surface area contributed by atoms with Crippen molar-refractivity contribution in [3.8, 4) is 0 Å². The van der Waals surface area contributed by atoms with Crippen LogP contribution in [0.3, 0.4) is 0 Å². The van der Waals surface area contributed by atoms with Crippen LogP contribution in [0, 0.1) is 10.1 Å². The van der Waals surface area contributed by atoms with Gasteiger partial charge in [-0.25, -0.2) is 0 Å². The van der Waals surface area contributed by atoms with Crippen LogP contribution in [0.1, 0.15) is 15.9 Å². The lowest BCUT2D eigenvalue weighted by molar-refractivity contribution is -0.384. The molecule has 0 spiro atoms. The molecule has 2 amide bonds. The van der Waals surface area contributed by atoms with Crippen molar-refractivity contribution in [1.82, 2.24) is 10.6 Å². The lowest BCUT2D eigenvalue weighted by Crippen LogP contribution is -2.47. The maximum absolute atomic E-state index is 12.2. The van der Waals surface area contributed by atoms with Crippen LogP contribution in [-0.4, -0.2) is 29.8 Å². The Morgan fingerprint density at radius 3 is 2.25 bits per heavy atom. The van der Waals surface area contributed by atoms with Crippen molar-refractivity contribution in [2.45, 2.75) is 12.5 Å². The topological polar surface area (TPSA) is 101 Å². The molecule has 1 atom stereocenters. The number of likely N-dealkylation sites (N-methyl/N-ethyl adjacent to an activating group) is 1. The summed E-state index contributed by atoms with van der Waals surface area (Å²) in [4.78, 5) is 34.4. The van der Waals surface area contributed by atoms with Gasteiger partial charge in [0, 0.05) is 31.2 Å². The Bertz CT molecular complexity index is 729. The predicted molar refractivity (Wildman–Crippen MR) is 88.6 cm³/mol. The van der Waals surface area contributed by atoms with Crippen LogP contribution in [0.15, 0.2) is 54.6 Å². The molecule has 0 unspecified atom stereocenters. The molecule has 0 fully saturated rings. The molecule has 7 nitrogen and oxygen atoms in total. The third-order valence-electron chi connectivity index (χ3n) is 3.49. The number of non-ortho nitro benzene ring substituents is 1. The SMILES string of the molecule is CNC(=O)[C@H](Cc1ccc([N+](=O)[O-])cc1)NC(=O)c1ccccc1. The van der Waals surface area contributed by atoms with Crippen LogP contribution in [0.5, 0.6) is 0 Å². The number of nitro groups is 1. The summed E-state index contributed by atoms with van der Waals surface area (Å²) >= 11 is 0. The molecule has 2 rings (SSSR count). The van der Waals surface area contributed by atoms with Gasteiger partial charge in [-0.3, -0.25) is 19.7 Å². The molecule has 0 heterocycles. The average Bonchev–Trinajstić information content (AvgIpc) is 2.61. The Morgan fingerprint density at radius 1 is 1.08 bits per heavy atom. The van der Waals surface area contributed by atoms with Crippen molar-refractivity contribution in [2.75, 3.05) is 7.05 Å². The quantitative estimate of drug-likeness (QED) is 0.622. The van der Waals surface area contributed by atoms with Crippen molar-refractivity contribution in [3.05, 3.63) is 75.8 Å². The highest BCUT2D eigenvalue weighted by atomic mass is 16.6. The molecule has 2 N–H and O–H groups in total. The Balaban J connectivity index is 2.12. The third kappa shape index (κ3) is 4.39. The Morgan fingerprint density at radius 2 is 1.71 bits per heavy atom. The Hall–Kier alpha value is -3.22. The van der Waals surface area contributed by atoms with Crippen LogP contribution >= 0.6 is 0 Å². The van der Waals surface area contributed by atoms with Crippen LogP contribution in [-0.2, 0) is 11.2 Å². The highest BCUT2D eigenvalue weighted by molar-refractivity contribution is 5.97. The minimum absolute atomic E-state index is 0.0245. The molecule has 0 bridgehead atoms. The van der Waals surface area contributed by atoms with E-state index in [2.05, 4.69) is 10.6 Å². The minimum Gasteiger partial charge on any atom is -0.357 e. The van der Waals surface area contributed by atoms with Gasteiger partial charge in [0.25, 0.3) is 11.6 Å². The molecule has 124 valence electrons. The smallest absolute Gasteiger partial charge is 0.269 e. The molecular formula is C17H17N3O4. The van der Waals surface area contributed by atoms with Gasteiger partial charge < -0.3 is 10.6 Å². The summed E-state index contributed by atoms with van der Waals surface area (Å²) in [5.41, 5.74) is 1.14. The minimum atomic E-state index is -0.774. The van der Waals surface area contributed by atoms with Crippen LogP contribution in [0.4, 0.5) is 5.69 Å². The fourth-order valence-electron chi connectivity index (χ4n) is 2.20. The standard InChI is InChI=1S/C17H17N3O4/c1-18-17(22)15(19-16(21)13-5-3-2-4-6-13)11-12-7-9-14(10-8-12)20(23)24/h2-10,15H,11H2,1H3,(H,18,22)(H,19,21)/t15-/m0/s1. The summed E-state index contributed by atoms with van der Waals surface area (Å²) in [6.07, 6.45) is 0.232. The van der Waals surface area contributed by atoms with E-state index in [1.165, 1.54) is 19.2 Å². The molecule has 0 saturated carbocycles. The molecule has 0 saturated heterocycles. The number of hydrogen-bond donors (Lipinski definition) is 2.